The molecule has 0 fully saturated rings. The summed E-state index contributed by atoms with van der Waals surface area (Å²) in [7, 11) is 0. The fraction of sp³-hybridized carbons (Fsp3) is 0.182. The zero-order chi connectivity index (χ0) is 22.2. The van der Waals surface area contributed by atoms with Gasteiger partial charge in [0.1, 0.15) is 11.5 Å². The van der Waals surface area contributed by atoms with E-state index >= 15 is 0 Å². The average molecular weight is 437 g/mol. The number of carboxylic acid groups (broad SMARTS) is 1. The van der Waals surface area contributed by atoms with Crippen LogP contribution in [-0.2, 0) is 11.4 Å². The van der Waals surface area contributed by atoms with E-state index in [2.05, 4.69) is 16.3 Å². The van der Waals surface area contributed by atoms with Crippen molar-refractivity contribution in [3.63, 3.8) is 0 Å². The van der Waals surface area contributed by atoms with Crippen LogP contribution in [0.15, 0.2) is 57.0 Å². The number of aliphatic carboxylic acids is 1. The third kappa shape index (κ3) is 5.87. The molecule has 0 aliphatic carbocycles. The highest BCUT2D eigenvalue weighted by molar-refractivity contribution is 8.03. The van der Waals surface area contributed by atoms with E-state index in [1.807, 2.05) is 19.1 Å². The van der Waals surface area contributed by atoms with Gasteiger partial charge in [0, 0.05) is 12.5 Å². The Hall–Kier alpha value is -3.77. The topological polar surface area (TPSA) is 118 Å². The van der Waals surface area contributed by atoms with Gasteiger partial charge in [-0.15, -0.1) is 10.2 Å². The van der Waals surface area contributed by atoms with Crippen LogP contribution in [0.3, 0.4) is 0 Å². The van der Waals surface area contributed by atoms with Gasteiger partial charge in [-0.1, -0.05) is 24.3 Å². The first-order chi connectivity index (χ1) is 15.0. The summed E-state index contributed by atoms with van der Waals surface area (Å²) in [4.78, 5) is 11.7. The monoisotopic (exact) mass is 437 g/mol. The largest absolute Gasteiger partial charge is 0.490 e. The van der Waals surface area contributed by atoms with E-state index in [9.17, 15) is 15.2 Å². The SMILES string of the molecule is CCOc1cc(/C=C(\Sc2nnc(C)o2)C(=O)O)ccc1OCc1ccccc1C#N. The van der Waals surface area contributed by atoms with Crippen molar-refractivity contribution in [3.8, 4) is 17.6 Å². The quantitative estimate of drug-likeness (QED) is 0.382. The normalized spacial score (nSPS) is 11.1. The molecule has 1 heterocycles. The van der Waals surface area contributed by atoms with Gasteiger partial charge in [-0.05, 0) is 48.5 Å². The molecule has 2 aromatic carbocycles. The Morgan fingerprint density at radius 3 is 2.71 bits per heavy atom. The molecule has 0 amide bonds. The lowest BCUT2D eigenvalue weighted by molar-refractivity contribution is -0.131. The predicted octanol–water partition coefficient (Wildman–Crippen LogP) is 4.45. The lowest BCUT2D eigenvalue weighted by Gasteiger charge is -2.13. The smallest absolute Gasteiger partial charge is 0.342 e. The van der Waals surface area contributed by atoms with Crippen LogP contribution in [0.5, 0.6) is 11.5 Å². The van der Waals surface area contributed by atoms with Crippen LogP contribution >= 0.6 is 11.8 Å². The number of rotatable bonds is 9. The summed E-state index contributed by atoms with van der Waals surface area (Å²) >= 11 is 0.866. The van der Waals surface area contributed by atoms with E-state index in [1.54, 1.807) is 37.3 Å². The number of carboxylic acids is 1. The highest BCUT2D eigenvalue weighted by Gasteiger charge is 2.15. The molecule has 0 saturated heterocycles. The molecule has 0 aliphatic heterocycles. The van der Waals surface area contributed by atoms with Gasteiger partial charge in [0.15, 0.2) is 11.5 Å². The maximum atomic E-state index is 11.7. The Morgan fingerprint density at radius 2 is 2.03 bits per heavy atom. The second-order valence-corrected chi connectivity index (χ2v) is 7.19. The van der Waals surface area contributed by atoms with Crippen LogP contribution in [0, 0.1) is 18.3 Å². The summed E-state index contributed by atoms with van der Waals surface area (Å²) in [5.41, 5.74) is 1.91. The Morgan fingerprint density at radius 1 is 1.23 bits per heavy atom. The molecule has 8 nitrogen and oxygen atoms in total. The number of ether oxygens (including phenoxy) is 2. The molecule has 3 aromatic rings. The number of hydrogen-bond donors (Lipinski definition) is 1. The van der Waals surface area contributed by atoms with Crippen LogP contribution in [0.25, 0.3) is 6.08 Å². The van der Waals surface area contributed by atoms with Crippen LogP contribution in [0.1, 0.15) is 29.5 Å². The highest BCUT2D eigenvalue weighted by Crippen LogP contribution is 2.32. The van der Waals surface area contributed by atoms with Gasteiger partial charge in [-0.2, -0.15) is 5.26 Å². The molecule has 0 atom stereocenters. The molecule has 9 heteroatoms. The number of carbonyl (C=O) groups is 1. The van der Waals surface area contributed by atoms with Gasteiger partial charge in [0.05, 0.1) is 18.2 Å². The van der Waals surface area contributed by atoms with Gasteiger partial charge in [0.25, 0.3) is 5.22 Å². The maximum absolute atomic E-state index is 11.7. The number of nitrogens with zero attached hydrogens (tertiary/aromatic N) is 3. The van der Waals surface area contributed by atoms with Crippen molar-refractivity contribution < 1.29 is 23.8 Å². The van der Waals surface area contributed by atoms with E-state index in [4.69, 9.17) is 13.9 Å². The van der Waals surface area contributed by atoms with E-state index < -0.39 is 5.97 Å². The zero-order valence-electron chi connectivity index (χ0n) is 16.9. The van der Waals surface area contributed by atoms with Crippen LogP contribution < -0.4 is 9.47 Å². The first kappa shape index (κ1) is 21.9. The van der Waals surface area contributed by atoms with E-state index in [1.165, 1.54) is 6.08 Å². The Bertz CT molecular complexity index is 1150. The van der Waals surface area contributed by atoms with Crippen molar-refractivity contribution in [2.24, 2.45) is 0 Å². The second-order valence-electron chi connectivity index (χ2n) is 6.20. The molecule has 1 N–H and O–H groups in total. The van der Waals surface area contributed by atoms with Crippen molar-refractivity contribution >= 4 is 23.8 Å². The first-order valence-electron chi connectivity index (χ1n) is 9.30. The molecule has 158 valence electrons. The average Bonchev–Trinajstić information content (AvgIpc) is 3.17. The van der Waals surface area contributed by atoms with E-state index in [-0.39, 0.29) is 16.7 Å². The van der Waals surface area contributed by atoms with Gasteiger partial charge < -0.3 is 19.0 Å². The standard InChI is InChI=1S/C22H19N3O5S/c1-3-28-19-10-15(11-20(21(26)27)31-22-25-24-14(2)30-22)8-9-18(19)29-13-17-7-5-4-6-16(17)12-23/h4-11H,3,13H2,1-2H3,(H,26,27)/b20-11-. The minimum absolute atomic E-state index is 0.0164. The lowest BCUT2D eigenvalue weighted by Crippen LogP contribution is -2.02. The Balaban J connectivity index is 1.83. The van der Waals surface area contributed by atoms with Gasteiger partial charge in [0.2, 0.25) is 5.89 Å². The molecular weight excluding hydrogens is 418 g/mol. The Labute approximate surface area is 183 Å². The number of benzene rings is 2. The van der Waals surface area contributed by atoms with Crippen LogP contribution in [0.4, 0.5) is 0 Å². The fourth-order valence-electron chi connectivity index (χ4n) is 2.61. The maximum Gasteiger partial charge on any atom is 0.342 e. The summed E-state index contributed by atoms with van der Waals surface area (Å²) in [6, 6.07) is 14.4. The number of hydrogen-bond acceptors (Lipinski definition) is 8. The van der Waals surface area contributed by atoms with Crippen LogP contribution in [-0.4, -0.2) is 27.9 Å². The summed E-state index contributed by atoms with van der Waals surface area (Å²) in [6.45, 7) is 4.07. The Kier molecular flexibility index (Phi) is 7.30. The summed E-state index contributed by atoms with van der Waals surface area (Å²) in [6.07, 6.45) is 1.49. The van der Waals surface area contributed by atoms with E-state index in [0.717, 1.165) is 17.3 Å². The van der Waals surface area contributed by atoms with Crippen molar-refractivity contribution in [1.29, 1.82) is 5.26 Å². The molecular formula is C22H19N3O5S. The lowest BCUT2D eigenvalue weighted by atomic mass is 10.1. The third-order valence-corrected chi connectivity index (χ3v) is 4.85. The van der Waals surface area contributed by atoms with Gasteiger partial charge >= 0.3 is 5.97 Å². The fourth-order valence-corrected chi connectivity index (χ4v) is 3.33. The first-order valence-corrected chi connectivity index (χ1v) is 10.1. The number of aromatic nitrogens is 2. The minimum Gasteiger partial charge on any atom is -0.490 e. The van der Waals surface area contributed by atoms with Crippen molar-refractivity contribution in [2.75, 3.05) is 6.61 Å². The predicted molar refractivity (Wildman–Crippen MR) is 114 cm³/mol. The number of thioether (sulfide) groups is 1. The van der Waals surface area contributed by atoms with Crippen molar-refractivity contribution in [1.82, 2.24) is 10.2 Å². The summed E-state index contributed by atoms with van der Waals surface area (Å²) < 4.78 is 16.8. The zero-order valence-corrected chi connectivity index (χ0v) is 17.7. The van der Waals surface area contributed by atoms with Crippen molar-refractivity contribution in [2.45, 2.75) is 25.7 Å². The summed E-state index contributed by atoms with van der Waals surface area (Å²) in [5.74, 6) is 0.190. The van der Waals surface area contributed by atoms with Crippen molar-refractivity contribution in [3.05, 3.63) is 70.0 Å². The number of nitriles is 1. The molecule has 0 saturated carbocycles. The van der Waals surface area contributed by atoms with Gasteiger partial charge in [-0.3, -0.25) is 0 Å². The van der Waals surface area contributed by atoms with Crippen LogP contribution in [0.2, 0.25) is 0 Å². The molecule has 1 aromatic heterocycles. The minimum atomic E-state index is -1.12. The molecule has 0 unspecified atom stereocenters. The highest BCUT2D eigenvalue weighted by atomic mass is 32.2. The molecule has 0 bridgehead atoms. The molecule has 3 rings (SSSR count). The third-order valence-electron chi connectivity index (χ3n) is 4.00. The van der Waals surface area contributed by atoms with E-state index in [0.29, 0.717) is 35.1 Å². The molecule has 0 spiro atoms. The second kappa shape index (κ2) is 10.3. The molecule has 0 radical (unpaired) electrons. The number of aryl methyl sites for hydroxylation is 1. The summed E-state index contributed by atoms with van der Waals surface area (Å²) in [5, 5.41) is 26.4. The molecule has 31 heavy (non-hydrogen) atoms. The molecule has 0 aliphatic rings. The van der Waals surface area contributed by atoms with Gasteiger partial charge in [-0.25, -0.2) is 4.79 Å².